The van der Waals surface area contributed by atoms with Crippen molar-refractivity contribution in [2.24, 2.45) is 0 Å². The zero-order valence-corrected chi connectivity index (χ0v) is 15.3. The van der Waals surface area contributed by atoms with E-state index in [0.717, 1.165) is 12.0 Å². The number of amides is 2. The van der Waals surface area contributed by atoms with Crippen molar-refractivity contribution < 1.29 is 23.9 Å². The van der Waals surface area contributed by atoms with Crippen LogP contribution in [0.3, 0.4) is 0 Å². The lowest BCUT2D eigenvalue weighted by atomic mass is 10.0. The number of esters is 2. The van der Waals surface area contributed by atoms with Gasteiger partial charge in [-0.2, -0.15) is 0 Å². The summed E-state index contributed by atoms with van der Waals surface area (Å²) in [5, 5.41) is 5.21. The van der Waals surface area contributed by atoms with Gasteiger partial charge < -0.3 is 20.1 Å². The molecular weight excluding hydrogens is 336 g/mol. The molecule has 1 aromatic rings. The van der Waals surface area contributed by atoms with E-state index < -0.39 is 24.0 Å². The summed E-state index contributed by atoms with van der Waals surface area (Å²) < 4.78 is 10.4. The third-order valence-corrected chi connectivity index (χ3v) is 4.09. The van der Waals surface area contributed by atoms with Crippen molar-refractivity contribution in [1.82, 2.24) is 10.6 Å². The van der Waals surface area contributed by atoms with Crippen LogP contribution in [0.15, 0.2) is 35.5 Å². The number of aryl methyl sites for hydroxylation is 1. The summed E-state index contributed by atoms with van der Waals surface area (Å²) >= 11 is 0. The van der Waals surface area contributed by atoms with Gasteiger partial charge in [0.15, 0.2) is 0 Å². The Morgan fingerprint density at radius 3 is 2.31 bits per heavy atom. The molecule has 140 valence electrons. The van der Waals surface area contributed by atoms with Gasteiger partial charge in [-0.1, -0.05) is 26.0 Å². The van der Waals surface area contributed by atoms with Crippen LogP contribution in [0.2, 0.25) is 0 Å². The lowest BCUT2D eigenvalue weighted by Gasteiger charge is -2.28. The fourth-order valence-corrected chi connectivity index (χ4v) is 2.67. The van der Waals surface area contributed by atoms with Crippen LogP contribution in [-0.4, -0.2) is 37.2 Å². The maximum atomic E-state index is 12.3. The van der Waals surface area contributed by atoms with E-state index in [0.29, 0.717) is 12.0 Å². The van der Waals surface area contributed by atoms with Crippen LogP contribution in [0.4, 0.5) is 4.79 Å². The molecule has 0 spiro atoms. The summed E-state index contributed by atoms with van der Waals surface area (Å²) in [5.74, 6) is -1.06. The molecular formula is C19H24N2O5. The minimum atomic E-state index is -0.537. The highest BCUT2D eigenvalue weighted by atomic mass is 16.5. The molecule has 7 nitrogen and oxygen atoms in total. The molecule has 0 aliphatic carbocycles. The van der Waals surface area contributed by atoms with Crippen LogP contribution in [-0.2, 0) is 20.7 Å². The van der Waals surface area contributed by atoms with Gasteiger partial charge in [-0.05, 0) is 37.5 Å². The molecule has 0 saturated carbocycles. The van der Waals surface area contributed by atoms with Crippen molar-refractivity contribution in [2.45, 2.75) is 39.7 Å². The van der Waals surface area contributed by atoms with Gasteiger partial charge in [0.05, 0.1) is 29.5 Å². The summed E-state index contributed by atoms with van der Waals surface area (Å²) in [7, 11) is 0. The fourth-order valence-electron chi connectivity index (χ4n) is 2.67. The Morgan fingerprint density at radius 2 is 1.73 bits per heavy atom. The summed E-state index contributed by atoms with van der Waals surface area (Å²) in [6.45, 7) is 5.57. The minimum absolute atomic E-state index is 0.212. The first-order valence-corrected chi connectivity index (χ1v) is 8.73. The highest BCUT2D eigenvalue weighted by Crippen LogP contribution is 2.18. The summed E-state index contributed by atoms with van der Waals surface area (Å²) in [6, 6.07) is 6.18. The number of hydrogen-bond acceptors (Lipinski definition) is 5. The van der Waals surface area contributed by atoms with Crippen LogP contribution < -0.4 is 10.6 Å². The fraction of sp³-hybridized carbons (Fsp3) is 0.421. The molecule has 0 fully saturated rings. The number of rotatable bonds is 7. The SMILES string of the molecule is CCOC(=O)C1=C(COC(=O)c2ccc(CC)cc2)NC(=O)N[C@@H]1CC. The molecule has 1 heterocycles. The Kier molecular flexibility index (Phi) is 6.77. The van der Waals surface area contributed by atoms with Gasteiger partial charge in [0.1, 0.15) is 6.61 Å². The average Bonchev–Trinajstić information content (AvgIpc) is 2.65. The molecule has 0 bridgehead atoms. The third kappa shape index (κ3) is 4.62. The number of hydrogen-bond donors (Lipinski definition) is 2. The van der Waals surface area contributed by atoms with Gasteiger partial charge in [-0.25, -0.2) is 14.4 Å². The van der Waals surface area contributed by atoms with Crippen LogP contribution >= 0.6 is 0 Å². The van der Waals surface area contributed by atoms with Crippen LogP contribution in [0.1, 0.15) is 43.1 Å². The van der Waals surface area contributed by atoms with Gasteiger partial charge >= 0.3 is 18.0 Å². The summed E-state index contributed by atoms with van der Waals surface area (Å²) in [4.78, 5) is 36.3. The Hall–Kier alpha value is -2.83. The predicted molar refractivity (Wildman–Crippen MR) is 95.5 cm³/mol. The van der Waals surface area contributed by atoms with E-state index in [1.807, 2.05) is 26.0 Å². The molecule has 1 aliphatic rings. The number of carbonyl (C=O) groups is 3. The minimum Gasteiger partial charge on any atom is -0.463 e. The largest absolute Gasteiger partial charge is 0.463 e. The molecule has 26 heavy (non-hydrogen) atoms. The number of ether oxygens (including phenoxy) is 2. The van der Waals surface area contributed by atoms with E-state index in [1.54, 1.807) is 19.1 Å². The highest BCUT2D eigenvalue weighted by Gasteiger charge is 2.32. The topological polar surface area (TPSA) is 93.7 Å². The molecule has 2 rings (SSSR count). The number of benzene rings is 1. The van der Waals surface area contributed by atoms with E-state index in [1.165, 1.54) is 0 Å². The second-order valence-corrected chi connectivity index (χ2v) is 5.80. The van der Waals surface area contributed by atoms with Gasteiger partial charge in [0, 0.05) is 0 Å². The zero-order chi connectivity index (χ0) is 19.1. The number of urea groups is 1. The summed E-state index contributed by atoms with van der Waals surface area (Å²) in [5.41, 5.74) is 2.05. The average molecular weight is 360 g/mol. The van der Waals surface area contributed by atoms with Crippen molar-refractivity contribution in [3.05, 3.63) is 46.7 Å². The molecule has 0 unspecified atom stereocenters. The standard InChI is InChI=1S/C19H24N2O5/c1-4-12-7-9-13(10-8-12)17(22)26-11-15-16(18(23)25-6-3)14(5-2)20-19(24)21-15/h7-10,14H,4-6,11H2,1-3H3,(H2,20,21,24)/t14-/m1/s1. The lowest BCUT2D eigenvalue weighted by molar-refractivity contribution is -0.139. The normalized spacial score (nSPS) is 16.6. The molecule has 2 amide bonds. The van der Waals surface area contributed by atoms with Crippen molar-refractivity contribution in [2.75, 3.05) is 13.2 Å². The van der Waals surface area contributed by atoms with Crippen molar-refractivity contribution >= 4 is 18.0 Å². The second kappa shape index (κ2) is 9.03. The van der Waals surface area contributed by atoms with E-state index in [2.05, 4.69) is 10.6 Å². The molecule has 7 heteroatoms. The first-order valence-electron chi connectivity index (χ1n) is 8.73. The first kappa shape index (κ1) is 19.5. The Labute approximate surface area is 152 Å². The maximum Gasteiger partial charge on any atom is 0.338 e. The van der Waals surface area contributed by atoms with Crippen molar-refractivity contribution in [3.63, 3.8) is 0 Å². The van der Waals surface area contributed by atoms with Crippen LogP contribution in [0, 0.1) is 0 Å². The molecule has 0 saturated heterocycles. The maximum absolute atomic E-state index is 12.3. The monoisotopic (exact) mass is 360 g/mol. The molecule has 0 aromatic heterocycles. The molecule has 1 aromatic carbocycles. The van der Waals surface area contributed by atoms with E-state index in [4.69, 9.17) is 9.47 Å². The molecule has 0 radical (unpaired) electrons. The van der Waals surface area contributed by atoms with E-state index in [-0.39, 0.29) is 24.5 Å². The second-order valence-electron chi connectivity index (χ2n) is 5.80. The zero-order valence-electron chi connectivity index (χ0n) is 15.3. The molecule has 1 aliphatic heterocycles. The van der Waals surface area contributed by atoms with Crippen molar-refractivity contribution in [3.8, 4) is 0 Å². The third-order valence-electron chi connectivity index (χ3n) is 4.09. The quantitative estimate of drug-likeness (QED) is 0.728. The Morgan fingerprint density at radius 1 is 1.04 bits per heavy atom. The predicted octanol–water partition coefficient (Wildman–Crippen LogP) is 2.31. The Balaban J connectivity index is 2.17. The van der Waals surface area contributed by atoms with Gasteiger partial charge in [0.2, 0.25) is 0 Å². The van der Waals surface area contributed by atoms with Gasteiger partial charge in [-0.15, -0.1) is 0 Å². The highest BCUT2D eigenvalue weighted by molar-refractivity contribution is 5.95. The van der Waals surface area contributed by atoms with Gasteiger partial charge in [-0.3, -0.25) is 0 Å². The van der Waals surface area contributed by atoms with Crippen LogP contribution in [0.25, 0.3) is 0 Å². The van der Waals surface area contributed by atoms with E-state index >= 15 is 0 Å². The van der Waals surface area contributed by atoms with Crippen molar-refractivity contribution in [1.29, 1.82) is 0 Å². The van der Waals surface area contributed by atoms with Gasteiger partial charge in [0.25, 0.3) is 0 Å². The first-order chi connectivity index (χ1) is 12.5. The smallest absolute Gasteiger partial charge is 0.338 e. The molecule has 1 atom stereocenters. The van der Waals surface area contributed by atoms with E-state index in [9.17, 15) is 14.4 Å². The van der Waals surface area contributed by atoms with Crippen LogP contribution in [0.5, 0.6) is 0 Å². The Bertz CT molecular complexity index is 709. The lowest BCUT2D eigenvalue weighted by Crippen LogP contribution is -2.51. The summed E-state index contributed by atoms with van der Waals surface area (Å²) in [6.07, 6.45) is 1.39. The number of carbonyl (C=O) groups excluding carboxylic acids is 3. The molecule has 2 N–H and O–H groups in total. The number of nitrogens with one attached hydrogen (secondary N) is 2.